The van der Waals surface area contributed by atoms with Crippen LogP contribution in [0, 0.1) is 5.92 Å². The summed E-state index contributed by atoms with van der Waals surface area (Å²) < 4.78 is 0. The number of nitrogens with two attached hydrogens (primary N) is 1. The van der Waals surface area contributed by atoms with Crippen LogP contribution >= 0.6 is 0 Å². The molecule has 2 atom stereocenters. The highest BCUT2D eigenvalue weighted by Crippen LogP contribution is 2.30. The van der Waals surface area contributed by atoms with E-state index >= 15 is 0 Å². The van der Waals surface area contributed by atoms with Gasteiger partial charge in [-0.2, -0.15) is 4.98 Å². The second kappa shape index (κ2) is 6.12. The maximum absolute atomic E-state index is 6.17. The number of anilines is 1. The molecule has 1 saturated heterocycles. The van der Waals surface area contributed by atoms with E-state index in [1.165, 1.54) is 38.5 Å². The molecule has 0 radical (unpaired) electrons. The first-order valence-electron chi connectivity index (χ1n) is 8.17. The first-order chi connectivity index (χ1) is 9.74. The van der Waals surface area contributed by atoms with Gasteiger partial charge in [-0.1, -0.05) is 32.6 Å². The monoisotopic (exact) mass is 277 g/mol. The second-order valence-electron chi connectivity index (χ2n) is 6.58. The van der Waals surface area contributed by atoms with Crippen molar-refractivity contribution < 1.29 is 0 Å². The average molecular weight is 277 g/mol. The minimum Gasteiger partial charge on any atom is -0.338 e. The Morgan fingerprint density at radius 3 is 2.60 bits per heavy atom. The van der Waals surface area contributed by atoms with Gasteiger partial charge in [-0.05, 0) is 25.2 Å². The van der Waals surface area contributed by atoms with Crippen molar-refractivity contribution in [3.05, 3.63) is 5.82 Å². The lowest BCUT2D eigenvalue weighted by atomic mass is 9.94. The van der Waals surface area contributed by atoms with Gasteiger partial charge in [0.15, 0.2) is 0 Å². The van der Waals surface area contributed by atoms with Crippen LogP contribution in [-0.4, -0.2) is 34.3 Å². The molecule has 1 aliphatic carbocycles. The molecule has 5 heteroatoms. The number of aromatic nitrogens is 3. The van der Waals surface area contributed by atoms with Crippen LogP contribution < -0.4 is 10.6 Å². The quantitative estimate of drug-likeness (QED) is 0.814. The molecule has 1 aromatic rings. The van der Waals surface area contributed by atoms with Gasteiger partial charge in [-0.15, -0.1) is 5.10 Å². The van der Waals surface area contributed by atoms with Gasteiger partial charge in [-0.3, -0.25) is 5.10 Å². The van der Waals surface area contributed by atoms with Gasteiger partial charge < -0.3 is 10.6 Å². The fraction of sp³-hybridized carbons (Fsp3) is 0.867. The Morgan fingerprint density at radius 2 is 1.90 bits per heavy atom. The van der Waals surface area contributed by atoms with Crippen molar-refractivity contribution in [1.29, 1.82) is 0 Å². The second-order valence-corrected chi connectivity index (χ2v) is 6.58. The van der Waals surface area contributed by atoms with Gasteiger partial charge in [0.05, 0.1) is 0 Å². The van der Waals surface area contributed by atoms with Crippen LogP contribution in [0.2, 0.25) is 0 Å². The first-order valence-corrected chi connectivity index (χ1v) is 8.17. The zero-order valence-electron chi connectivity index (χ0n) is 12.5. The molecule has 20 heavy (non-hydrogen) atoms. The van der Waals surface area contributed by atoms with E-state index < -0.39 is 0 Å². The number of hydrogen-bond donors (Lipinski definition) is 2. The molecule has 0 spiro atoms. The van der Waals surface area contributed by atoms with Gasteiger partial charge in [0, 0.05) is 25.0 Å². The Balaban J connectivity index is 1.67. The molecule has 1 saturated carbocycles. The van der Waals surface area contributed by atoms with Crippen molar-refractivity contribution in [1.82, 2.24) is 15.2 Å². The normalized spacial score (nSPS) is 29.4. The van der Waals surface area contributed by atoms with Crippen molar-refractivity contribution in [2.45, 2.75) is 63.8 Å². The molecular formula is C15H27N5. The lowest BCUT2D eigenvalue weighted by molar-refractivity contribution is 0.376. The summed E-state index contributed by atoms with van der Waals surface area (Å²) in [5.74, 6) is 3.13. The van der Waals surface area contributed by atoms with Crippen LogP contribution in [0.5, 0.6) is 0 Å². The molecular weight excluding hydrogens is 250 g/mol. The Bertz CT molecular complexity index is 422. The van der Waals surface area contributed by atoms with Gasteiger partial charge in [0.1, 0.15) is 5.82 Å². The predicted molar refractivity (Wildman–Crippen MR) is 80.8 cm³/mol. The molecule has 2 heterocycles. The number of H-pyrrole nitrogens is 1. The summed E-state index contributed by atoms with van der Waals surface area (Å²) in [6.07, 6.45) is 9.04. The maximum atomic E-state index is 6.17. The highest BCUT2D eigenvalue weighted by Gasteiger charge is 2.26. The van der Waals surface area contributed by atoms with Crippen LogP contribution in [0.3, 0.4) is 0 Å². The number of aromatic amines is 1. The number of hydrogen-bond acceptors (Lipinski definition) is 4. The van der Waals surface area contributed by atoms with E-state index in [9.17, 15) is 0 Å². The topological polar surface area (TPSA) is 70.8 Å². The molecule has 0 aromatic carbocycles. The van der Waals surface area contributed by atoms with E-state index in [2.05, 4.69) is 22.0 Å². The highest BCUT2D eigenvalue weighted by molar-refractivity contribution is 5.30. The molecule has 2 unspecified atom stereocenters. The predicted octanol–water partition coefficient (Wildman–Crippen LogP) is 2.42. The maximum Gasteiger partial charge on any atom is 0.244 e. The van der Waals surface area contributed by atoms with Crippen LogP contribution in [0.15, 0.2) is 0 Å². The van der Waals surface area contributed by atoms with E-state index in [4.69, 9.17) is 10.7 Å². The fourth-order valence-electron chi connectivity index (χ4n) is 3.42. The largest absolute Gasteiger partial charge is 0.338 e. The lowest BCUT2D eigenvalue weighted by Crippen LogP contribution is -2.48. The molecule has 2 aliphatic rings. The zero-order valence-corrected chi connectivity index (χ0v) is 12.5. The third kappa shape index (κ3) is 2.97. The average Bonchev–Trinajstić information content (AvgIpc) is 2.78. The van der Waals surface area contributed by atoms with E-state index in [-0.39, 0.29) is 6.04 Å². The van der Waals surface area contributed by atoms with Crippen LogP contribution in [0.25, 0.3) is 0 Å². The Hall–Kier alpha value is -1.10. The molecule has 5 nitrogen and oxygen atoms in total. The molecule has 112 valence electrons. The Morgan fingerprint density at radius 1 is 1.15 bits per heavy atom. The molecule has 0 amide bonds. The molecule has 0 bridgehead atoms. The van der Waals surface area contributed by atoms with Gasteiger partial charge in [0.25, 0.3) is 0 Å². The van der Waals surface area contributed by atoms with Crippen molar-refractivity contribution in [3.63, 3.8) is 0 Å². The Labute approximate surface area is 121 Å². The minimum absolute atomic E-state index is 0.239. The zero-order chi connectivity index (χ0) is 13.9. The van der Waals surface area contributed by atoms with Crippen LogP contribution in [0.4, 0.5) is 5.95 Å². The number of rotatable bonds is 2. The van der Waals surface area contributed by atoms with E-state index in [1.54, 1.807) is 0 Å². The molecule has 3 rings (SSSR count). The van der Waals surface area contributed by atoms with Crippen LogP contribution in [-0.2, 0) is 0 Å². The standard InChI is InChI=1S/C15H27N5/c1-11-8-9-20(10-13(11)16)15-17-14(18-19-15)12-6-4-2-3-5-7-12/h11-13H,2-10,16H2,1H3,(H,17,18,19). The summed E-state index contributed by atoms with van der Waals surface area (Å²) in [5.41, 5.74) is 6.17. The summed E-state index contributed by atoms with van der Waals surface area (Å²) in [7, 11) is 0. The summed E-state index contributed by atoms with van der Waals surface area (Å²) >= 11 is 0. The summed E-state index contributed by atoms with van der Waals surface area (Å²) in [6, 6.07) is 0.239. The Kier molecular flexibility index (Phi) is 4.24. The third-order valence-electron chi connectivity index (χ3n) is 5.03. The van der Waals surface area contributed by atoms with Crippen molar-refractivity contribution in [2.75, 3.05) is 18.0 Å². The number of nitrogens with zero attached hydrogens (tertiary/aromatic N) is 3. The third-order valence-corrected chi connectivity index (χ3v) is 5.03. The number of piperidine rings is 1. The number of nitrogens with one attached hydrogen (secondary N) is 1. The summed E-state index contributed by atoms with van der Waals surface area (Å²) in [5, 5.41) is 7.62. The summed E-state index contributed by atoms with van der Waals surface area (Å²) in [4.78, 5) is 7.00. The lowest BCUT2D eigenvalue weighted by Gasteiger charge is -2.34. The fourth-order valence-corrected chi connectivity index (χ4v) is 3.42. The van der Waals surface area contributed by atoms with Crippen molar-refractivity contribution in [3.8, 4) is 0 Å². The SMILES string of the molecule is CC1CCN(c2n[nH]c(C3CCCCCC3)n2)CC1N. The van der Waals surface area contributed by atoms with Crippen molar-refractivity contribution in [2.24, 2.45) is 11.7 Å². The van der Waals surface area contributed by atoms with Gasteiger partial charge in [0.2, 0.25) is 5.95 Å². The van der Waals surface area contributed by atoms with Gasteiger partial charge in [-0.25, -0.2) is 0 Å². The summed E-state index contributed by atoms with van der Waals surface area (Å²) in [6.45, 7) is 4.14. The van der Waals surface area contributed by atoms with E-state index in [0.717, 1.165) is 31.3 Å². The van der Waals surface area contributed by atoms with Crippen LogP contribution in [0.1, 0.15) is 63.6 Å². The highest BCUT2D eigenvalue weighted by atomic mass is 15.4. The first kappa shape index (κ1) is 13.9. The molecule has 2 fully saturated rings. The van der Waals surface area contributed by atoms with E-state index in [0.29, 0.717) is 11.8 Å². The van der Waals surface area contributed by atoms with Gasteiger partial charge >= 0.3 is 0 Å². The minimum atomic E-state index is 0.239. The molecule has 3 N–H and O–H groups in total. The molecule has 1 aromatic heterocycles. The molecule has 1 aliphatic heterocycles. The van der Waals surface area contributed by atoms with E-state index in [1.807, 2.05) is 0 Å². The smallest absolute Gasteiger partial charge is 0.244 e. The van der Waals surface area contributed by atoms with Crippen molar-refractivity contribution >= 4 is 5.95 Å².